The van der Waals surface area contributed by atoms with Crippen LogP contribution < -0.4 is 10.8 Å². The largest absolute Gasteiger partial charge is 0.314 e. The van der Waals surface area contributed by atoms with Crippen molar-refractivity contribution in [2.45, 2.75) is 27.3 Å². The average molecular weight is 215 g/mol. The summed E-state index contributed by atoms with van der Waals surface area (Å²) in [6, 6.07) is 1.94. The minimum Gasteiger partial charge on any atom is -0.314 e. The lowest BCUT2D eigenvalue weighted by Crippen LogP contribution is -2.12. The van der Waals surface area contributed by atoms with Crippen LogP contribution in [-0.2, 0) is 6.54 Å². The molecule has 0 aliphatic carbocycles. The molecule has 3 nitrogen and oxygen atoms in total. The summed E-state index contributed by atoms with van der Waals surface area (Å²) >= 11 is 0. The summed E-state index contributed by atoms with van der Waals surface area (Å²) in [6.07, 6.45) is 3.90. The Balaban J connectivity index is 0.000000606. The average Bonchev–Trinajstić information content (AvgIpc) is 2.65. The van der Waals surface area contributed by atoms with Gasteiger partial charge in [-0.2, -0.15) is 0 Å². The van der Waals surface area contributed by atoms with Crippen molar-refractivity contribution < 1.29 is 0 Å². The van der Waals surface area contributed by atoms with Crippen LogP contribution in [0.2, 0.25) is 0 Å². The van der Waals surface area contributed by atoms with Crippen LogP contribution in [0.3, 0.4) is 0 Å². The van der Waals surface area contributed by atoms with Crippen molar-refractivity contribution in [3.63, 3.8) is 0 Å². The van der Waals surface area contributed by atoms with Gasteiger partial charge in [-0.3, -0.25) is 0 Å². The van der Waals surface area contributed by atoms with Gasteiger partial charge in [0.15, 0.2) is 0 Å². The first kappa shape index (κ1) is 12.8. The first-order chi connectivity index (χ1) is 7.72. The van der Waals surface area contributed by atoms with Gasteiger partial charge in [0, 0.05) is 12.7 Å². The lowest BCUT2D eigenvalue weighted by atomic mass is 9.96. The standard InChI is InChI=1S/C10H12BN3.C2H6/c1-7-3-9(11)10-13-5-8(4-12-2)14(10)6-7;1-2/h3,5-6,12H,4H2,1-2H3;1-2H3. The van der Waals surface area contributed by atoms with E-state index in [1.807, 2.05) is 50.7 Å². The lowest BCUT2D eigenvalue weighted by molar-refractivity contribution is 0.782. The summed E-state index contributed by atoms with van der Waals surface area (Å²) in [5.74, 6) is 0. The van der Waals surface area contributed by atoms with E-state index in [-0.39, 0.29) is 0 Å². The Morgan fingerprint density at radius 3 is 2.75 bits per heavy atom. The lowest BCUT2D eigenvalue weighted by Gasteiger charge is -2.04. The van der Waals surface area contributed by atoms with Crippen LogP contribution in [0.1, 0.15) is 25.1 Å². The Hall–Kier alpha value is -1.29. The van der Waals surface area contributed by atoms with Crippen molar-refractivity contribution in [2.24, 2.45) is 0 Å². The zero-order valence-corrected chi connectivity index (χ0v) is 10.4. The topological polar surface area (TPSA) is 29.3 Å². The second-order valence-electron chi connectivity index (χ2n) is 3.45. The number of rotatable bonds is 2. The number of hydrogen-bond acceptors (Lipinski definition) is 2. The second kappa shape index (κ2) is 5.70. The van der Waals surface area contributed by atoms with Crippen molar-refractivity contribution in [2.75, 3.05) is 7.05 Å². The normalized spacial score (nSPS) is 10.0. The highest BCUT2D eigenvalue weighted by molar-refractivity contribution is 6.36. The molecule has 2 aromatic rings. The van der Waals surface area contributed by atoms with Gasteiger partial charge in [0.25, 0.3) is 0 Å². The third-order valence-electron chi connectivity index (χ3n) is 2.21. The van der Waals surface area contributed by atoms with Gasteiger partial charge >= 0.3 is 0 Å². The van der Waals surface area contributed by atoms with E-state index in [4.69, 9.17) is 7.85 Å². The molecule has 1 N–H and O–H groups in total. The van der Waals surface area contributed by atoms with Crippen molar-refractivity contribution in [1.29, 1.82) is 0 Å². The summed E-state index contributed by atoms with van der Waals surface area (Å²) in [6.45, 7) is 6.82. The number of nitrogens with zero attached hydrogens (tertiary/aromatic N) is 2. The smallest absolute Gasteiger partial charge is 0.129 e. The van der Waals surface area contributed by atoms with E-state index in [0.29, 0.717) is 0 Å². The molecule has 0 bridgehead atoms. The number of nitrogens with one attached hydrogen (secondary N) is 1. The van der Waals surface area contributed by atoms with E-state index in [1.165, 1.54) is 0 Å². The number of hydrogen-bond donors (Lipinski definition) is 1. The van der Waals surface area contributed by atoms with E-state index in [1.54, 1.807) is 0 Å². The zero-order chi connectivity index (χ0) is 12.1. The number of pyridine rings is 1. The maximum atomic E-state index is 5.86. The zero-order valence-electron chi connectivity index (χ0n) is 10.4. The van der Waals surface area contributed by atoms with Crippen LogP contribution in [0.15, 0.2) is 18.5 Å². The van der Waals surface area contributed by atoms with E-state index in [2.05, 4.69) is 10.3 Å². The molecule has 0 saturated carbocycles. The van der Waals surface area contributed by atoms with Gasteiger partial charge in [-0.1, -0.05) is 25.4 Å². The molecule has 16 heavy (non-hydrogen) atoms. The van der Waals surface area contributed by atoms with Crippen LogP contribution in [0.25, 0.3) is 5.65 Å². The van der Waals surface area contributed by atoms with Gasteiger partial charge < -0.3 is 9.72 Å². The fourth-order valence-electron chi connectivity index (χ4n) is 1.62. The number of aryl methyl sites for hydroxylation is 1. The van der Waals surface area contributed by atoms with Gasteiger partial charge in [0.1, 0.15) is 13.5 Å². The molecule has 0 fully saturated rings. The van der Waals surface area contributed by atoms with Crippen LogP contribution in [0, 0.1) is 6.92 Å². The van der Waals surface area contributed by atoms with Crippen LogP contribution >= 0.6 is 0 Å². The predicted molar refractivity (Wildman–Crippen MR) is 69.4 cm³/mol. The molecule has 2 rings (SSSR count). The highest BCUT2D eigenvalue weighted by Gasteiger charge is 2.04. The predicted octanol–water partition coefficient (Wildman–Crippen LogP) is 1.18. The SMILES string of the molecule is CC.[B]c1cc(C)cn2c(CNC)cnc12. The first-order valence-electron chi connectivity index (χ1n) is 5.59. The molecule has 0 atom stereocenters. The molecule has 0 aromatic carbocycles. The molecular weight excluding hydrogens is 197 g/mol. The second-order valence-corrected chi connectivity index (χ2v) is 3.45. The summed E-state index contributed by atoms with van der Waals surface area (Å²) in [7, 11) is 7.78. The quantitative estimate of drug-likeness (QED) is 0.762. The van der Waals surface area contributed by atoms with Crippen molar-refractivity contribution in [3.8, 4) is 0 Å². The molecule has 84 valence electrons. The van der Waals surface area contributed by atoms with Crippen LogP contribution in [-0.4, -0.2) is 24.3 Å². The fraction of sp³-hybridized carbons (Fsp3) is 0.417. The maximum absolute atomic E-state index is 5.86. The third kappa shape index (κ3) is 2.45. The molecule has 4 heteroatoms. The van der Waals surface area contributed by atoms with Crippen molar-refractivity contribution in [1.82, 2.24) is 14.7 Å². The fourth-order valence-corrected chi connectivity index (χ4v) is 1.62. The molecule has 0 spiro atoms. The Morgan fingerprint density at radius 1 is 1.44 bits per heavy atom. The Labute approximate surface area is 98.3 Å². The van der Waals surface area contributed by atoms with Gasteiger partial charge in [0.2, 0.25) is 0 Å². The molecule has 0 amide bonds. The monoisotopic (exact) mass is 215 g/mol. The molecule has 0 unspecified atom stereocenters. The van der Waals surface area contributed by atoms with E-state index < -0.39 is 0 Å². The minimum absolute atomic E-state index is 0.729. The first-order valence-corrected chi connectivity index (χ1v) is 5.59. The minimum atomic E-state index is 0.729. The molecule has 2 heterocycles. The van der Waals surface area contributed by atoms with Gasteiger partial charge in [-0.15, -0.1) is 0 Å². The molecule has 2 radical (unpaired) electrons. The highest BCUT2D eigenvalue weighted by Crippen LogP contribution is 2.06. The summed E-state index contributed by atoms with van der Waals surface area (Å²) in [5.41, 5.74) is 3.83. The van der Waals surface area contributed by atoms with Gasteiger partial charge in [-0.05, 0) is 19.5 Å². The Kier molecular flexibility index (Phi) is 4.56. The Morgan fingerprint density at radius 2 is 2.12 bits per heavy atom. The Bertz CT molecular complexity index is 462. The number of imidazole rings is 1. The molecular formula is C12H18BN3. The molecule has 0 aliphatic rings. The maximum Gasteiger partial charge on any atom is 0.129 e. The molecule has 0 saturated heterocycles. The van der Waals surface area contributed by atoms with Gasteiger partial charge in [-0.25, -0.2) is 4.98 Å². The van der Waals surface area contributed by atoms with E-state index in [9.17, 15) is 0 Å². The highest BCUT2D eigenvalue weighted by atomic mass is 15.0. The van der Waals surface area contributed by atoms with Gasteiger partial charge in [0.05, 0.1) is 11.9 Å². The third-order valence-corrected chi connectivity index (χ3v) is 2.21. The van der Waals surface area contributed by atoms with Crippen molar-refractivity contribution in [3.05, 3.63) is 29.7 Å². The van der Waals surface area contributed by atoms with Crippen LogP contribution in [0.4, 0.5) is 0 Å². The summed E-state index contributed by atoms with van der Waals surface area (Å²) < 4.78 is 2.03. The number of aromatic nitrogens is 2. The van der Waals surface area contributed by atoms with E-state index >= 15 is 0 Å². The molecule has 2 aromatic heterocycles. The molecule has 0 aliphatic heterocycles. The van der Waals surface area contributed by atoms with Crippen molar-refractivity contribution >= 4 is 19.0 Å². The summed E-state index contributed by atoms with van der Waals surface area (Å²) in [5, 5.41) is 3.10. The van der Waals surface area contributed by atoms with Crippen LogP contribution in [0.5, 0.6) is 0 Å². The number of fused-ring (bicyclic) bond motifs is 1. The van der Waals surface area contributed by atoms with E-state index in [0.717, 1.165) is 28.9 Å². The summed E-state index contributed by atoms with van der Waals surface area (Å²) in [4.78, 5) is 4.28.